The Morgan fingerprint density at radius 1 is 1.35 bits per heavy atom. The van der Waals surface area contributed by atoms with Gasteiger partial charge in [-0.15, -0.1) is 11.3 Å². The van der Waals surface area contributed by atoms with Gasteiger partial charge in [-0.1, -0.05) is 17.8 Å². The number of hydrogen-bond acceptors (Lipinski definition) is 6. The number of thiophene rings is 1. The average molecular weight is 345 g/mol. The molecule has 8 heteroatoms. The zero-order valence-electron chi connectivity index (χ0n) is 11.8. The molecular formula is C15H11N3O3S2. The molecule has 116 valence electrons. The lowest BCUT2D eigenvalue weighted by molar-refractivity contribution is -0.112. The summed E-state index contributed by atoms with van der Waals surface area (Å²) < 4.78 is 1.45. The van der Waals surface area contributed by atoms with Gasteiger partial charge >= 0.3 is 0 Å². The van der Waals surface area contributed by atoms with Gasteiger partial charge in [-0.2, -0.15) is 0 Å². The third-order valence-corrected chi connectivity index (χ3v) is 5.72. The number of nitrogens with zero attached hydrogens (tertiary/aromatic N) is 2. The molecule has 1 amide bonds. The van der Waals surface area contributed by atoms with E-state index in [9.17, 15) is 14.4 Å². The Labute approximate surface area is 138 Å². The molecule has 1 fully saturated rings. The van der Waals surface area contributed by atoms with Crippen molar-refractivity contribution in [1.82, 2.24) is 14.7 Å². The minimum absolute atomic E-state index is 0.0107. The summed E-state index contributed by atoms with van der Waals surface area (Å²) in [7, 11) is 0. The molecule has 1 saturated heterocycles. The molecule has 1 aliphatic rings. The highest BCUT2D eigenvalue weighted by atomic mass is 32.2. The molecule has 1 N–H and O–H groups in total. The van der Waals surface area contributed by atoms with Crippen molar-refractivity contribution in [3.05, 3.63) is 45.7 Å². The molecule has 0 aliphatic carbocycles. The van der Waals surface area contributed by atoms with E-state index in [2.05, 4.69) is 10.3 Å². The Morgan fingerprint density at radius 3 is 3.00 bits per heavy atom. The Kier molecular flexibility index (Phi) is 3.42. The van der Waals surface area contributed by atoms with Crippen molar-refractivity contribution in [2.24, 2.45) is 0 Å². The minimum atomic E-state index is -0.439. The maximum atomic E-state index is 12.5. The fourth-order valence-electron chi connectivity index (χ4n) is 2.52. The summed E-state index contributed by atoms with van der Waals surface area (Å²) in [5.74, 6) is 0.395. The van der Waals surface area contributed by atoms with Crippen molar-refractivity contribution >= 4 is 50.0 Å². The fourth-order valence-corrected chi connectivity index (χ4v) is 4.38. The zero-order valence-corrected chi connectivity index (χ0v) is 13.4. The summed E-state index contributed by atoms with van der Waals surface area (Å²) in [5.41, 5.74) is 0.342. The maximum Gasteiger partial charge on any atom is 0.266 e. The first-order valence-corrected chi connectivity index (χ1v) is 8.82. The van der Waals surface area contributed by atoms with Crippen LogP contribution < -0.4 is 10.9 Å². The second kappa shape index (κ2) is 5.47. The fraction of sp³-hybridized carbons (Fsp3) is 0.200. The molecule has 0 unspecified atom stereocenters. The molecule has 3 aromatic rings. The minimum Gasteiger partial charge on any atom is -0.341 e. The molecule has 1 aliphatic heterocycles. The quantitative estimate of drug-likeness (QED) is 0.764. The Morgan fingerprint density at radius 2 is 2.22 bits per heavy atom. The molecule has 3 aromatic heterocycles. The van der Waals surface area contributed by atoms with E-state index in [-0.39, 0.29) is 16.6 Å². The van der Waals surface area contributed by atoms with Gasteiger partial charge in [0.1, 0.15) is 10.5 Å². The standard InChI is InChI=1S/C15H11N3O3S2/c19-12(16-9-4-6-22-15(9)21)10-7-8-13(23-10)17-11-3-1-2-5-18(11)14(8)20/h1-3,5,7,9H,4,6H2,(H,16,19)/t9-/m0/s1. The summed E-state index contributed by atoms with van der Waals surface area (Å²) >= 11 is 2.40. The molecule has 0 aromatic carbocycles. The van der Waals surface area contributed by atoms with E-state index in [1.165, 1.54) is 16.2 Å². The summed E-state index contributed by atoms with van der Waals surface area (Å²) in [4.78, 5) is 41.7. The van der Waals surface area contributed by atoms with E-state index >= 15 is 0 Å². The first kappa shape index (κ1) is 14.4. The number of rotatable bonds is 2. The molecule has 23 heavy (non-hydrogen) atoms. The van der Waals surface area contributed by atoms with Crippen molar-refractivity contribution < 1.29 is 9.59 Å². The topological polar surface area (TPSA) is 80.5 Å². The molecule has 4 rings (SSSR count). The second-order valence-corrected chi connectivity index (χ2v) is 7.29. The van der Waals surface area contributed by atoms with E-state index in [4.69, 9.17) is 0 Å². The lowest BCUT2D eigenvalue weighted by Gasteiger charge is -2.08. The largest absolute Gasteiger partial charge is 0.341 e. The van der Waals surface area contributed by atoms with Gasteiger partial charge in [0.05, 0.1) is 16.3 Å². The van der Waals surface area contributed by atoms with Gasteiger partial charge in [-0.05, 0) is 24.6 Å². The molecule has 6 nitrogen and oxygen atoms in total. The summed E-state index contributed by atoms with van der Waals surface area (Å²) in [6.07, 6.45) is 2.29. The molecule has 0 spiro atoms. The lowest BCUT2D eigenvalue weighted by atomic mass is 10.2. The first-order chi connectivity index (χ1) is 11.1. The third kappa shape index (κ3) is 2.43. The molecule has 0 bridgehead atoms. The highest BCUT2D eigenvalue weighted by molar-refractivity contribution is 8.14. The highest BCUT2D eigenvalue weighted by Gasteiger charge is 2.27. The van der Waals surface area contributed by atoms with Crippen LogP contribution in [0, 0.1) is 0 Å². The van der Waals surface area contributed by atoms with Crippen LogP contribution in [0.4, 0.5) is 0 Å². The van der Waals surface area contributed by atoms with Crippen molar-refractivity contribution in [2.45, 2.75) is 12.5 Å². The van der Waals surface area contributed by atoms with Gasteiger partial charge in [0.15, 0.2) is 0 Å². The van der Waals surface area contributed by atoms with Crippen LogP contribution in [0.1, 0.15) is 16.1 Å². The van der Waals surface area contributed by atoms with Crippen molar-refractivity contribution in [3.8, 4) is 0 Å². The normalized spacial score (nSPS) is 17.9. The van der Waals surface area contributed by atoms with Crippen LogP contribution in [0.5, 0.6) is 0 Å². The predicted octanol–water partition coefficient (Wildman–Crippen LogP) is 1.67. The molecule has 0 radical (unpaired) electrons. The Bertz CT molecular complexity index is 1010. The van der Waals surface area contributed by atoms with Crippen LogP contribution in [-0.4, -0.2) is 32.2 Å². The van der Waals surface area contributed by atoms with Crippen molar-refractivity contribution in [1.29, 1.82) is 0 Å². The predicted molar refractivity (Wildman–Crippen MR) is 90.2 cm³/mol. The number of amides is 1. The first-order valence-electron chi connectivity index (χ1n) is 7.02. The molecule has 1 atom stereocenters. The van der Waals surface area contributed by atoms with Gasteiger partial charge in [-0.3, -0.25) is 18.8 Å². The molecule has 4 heterocycles. The van der Waals surface area contributed by atoms with Crippen LogP contribution in [0.2, 0.25) is 0 Å². The lowest BCUT2D eigenvalue weighted by Crippen LogP contribution is -2.36. The van der Waals surface area contributed by atoms with E-state index in [1.807, 2.05) is 0 Å². The number of fused-ring (bicyclic) bond motifs is 2. The number of pyridine rings is 1. The van der Waals surface area contributed by atoms with E-state index in [1.54, 1.807) is 30.5 Å². The van der Waals surface area contributed by atoms with Crippen molar-refractivity contribution in [3.63, 3.8) is 0 Å². The molecule has 0 saturated carbocycles. The van der Waals surface area contributed by atoms with Crippen LogP contribution in [-0.2, 0) is 4.79 Å². The smallest absolute Gasteiger partial charge is 0.266 e. The van der Waals surface area contributed by atoms with E-state index in [0.717, 1.165) is 17.1 Å². The van der Waals surface area contributed by atoms with Crippen LogP contribution in [0.15, 0.2) is 35.3 Å². The zero-order chi connectivity index (χ0) is 16.0. The second-order valence-electron chi connectivity index (χ2n) is 5.16. The summed E-state index contributed by atoms with van der Waals surface area (Å²) in [6.45, 7) is 0. The van der Waals surface area contributed by atoms with Crippen molar-refractivity contribution in [2.75, 3.05) is 5.75 Å². The highest BCUT2D eigenvalue weighted by Crippen LogP contribution is 2.24. The molecular weight excluding hydrogens is 334 g/mol. The Hall–Kier alpha value is -2.19. The number of thioether (sulfide) groups is 1. The Balaban J connectivity index is 1.75. The number of nitrogens with one attached hydrogen (secondary N) is 1. The average Bonchev–Trinajstić information content (AvgIpc) is 3.15. The maximum absolute atomic E-state index is 12.5. The van der Waals surface area contributed by atoms with Crippen LogP contribution in [0.25, 0.3) is 15.9 Å². The van der Waals surface area contributed by atoms with Crippen LogP contribution >= 0.6 is 23.1 Å². The number of carbonyl (C=O) groups excluding carboxylic acids is 2. The number of hydrogen-bond donors (Lipinski definition) is 1. The van der Waals surface area contributed by atoms with Gasteiger partial charge in [0, 0.05) is 11.9 Å². The summed E-state index contributed by atoms with van der Waals surface area (Å²) in [6, 6.07) is 6.42. The van der Waals surface area contributed by atoms with E-state index < -0.39 is 6.04 Å². The number of aromatic nitrogens is 2. The van der Waals surface area contributed by atoms with Crippen LogP contribution in [0.3, 0.4) is 0 Å². The van der Waals surface area contributed by atoms with E-state index in [0.29, 0.717) is 27.2 Å². The SMILES string of the molecule is O=C(N[C@H]1CCSC1=O)c1cc2c(=O)n3ccccc3nc2s1. The third-order valence-electron chi connectivity index (χ3n) is 3.68. The van der Waals surface area contributed by atoms with Gasteiger partial charge in [0.2, 0.25) is 5.12 Å². The van der Waals surface area contributed by atoms with Gasteiger partial charge in [-0.25, -0.2) is 4.98 Å². The van der Waals surface area contributed by atoms with Gasteiger partial charge in [0.25, 0.3) is 11.5 Å². The summed E-state index contributed by atoms with van der Waals surface area (Å²) in [5, 5.41) is 3.13. The monoisotopic (exact) mass is 345 g/mol. The number of carbonyl (C=O) groups is 2. The van der Waals surface area contributed by atoms with Gasteiger partial charge < -0.3 is 5.32 Å².